The SMILES string of the molecule is CCOC(=O)c1c(C)oc2nc(CN(Cc3nc(N)c4c(C(=O)OCC)c(C)oc4n3)C(C)(C)C)nc(N)c12. The number of nitrogens with zero attached hydrogens (tertiary/aromatic N) is 5. The van der Waals surface area contributed by atoms with Gasteiger partial charge in [0.15, 0.2) is 0 Å². The number of fused-ring (bicyclic) bond motifs is 2. The van der Waals surface area contributed by atoms with Gasteiger partial charge in [-0.15, -0.1) is 0 Å². The van der Waals surface area contributed by atoms with E-state index >= 15 is 0 Å². The second-order valence-electron chi connectivity index (χ2n) is 9.94. The molecule has 13 heteroatoms. The Kier molecular flexibility index (Phi) is 7.46. The standard InChI is InChI=1S/C26H33N7O6/c1-8-36-24(34)16-12(3)38-22-18(16)20(27)29-14(31-22)10-33(26(5,6)7)11-15-30-21(28)19-17(25(35)37-9-2)13(4)39-23(19)32-15/h8-11H2,1-7H3,(H2,27,29,31)(H2,28,30,32). The quantitative estimate of drug-likeness (QED) is 0.309. The minimum absolute atomic E-state index is 0.114. The lowest BCUT2D eigenvalue weighted by atomic mass is 10.1. The zero-order valence-electron chi connectivity index (χ0n) is 23.2. The number of furan rings is 2. The molecule has 0 spiro atoms. The normalized spacial score (nSPS) is 12.0. The van der Waals surface area contributed by atoms with Gasteiger partial charge < -0.3 is 29.8 Å². The molecule has 4 N–H and O–H groups in total. The molecule has 0 bridgehead atoms. The van der Waals surface area contributed by atoms with Gasteiger partial charge in [-0.1, -0.05) is 0 Å². The molecule has 39 heavy (non-hydrogen) atoms. The highest BCUT2D eigenvalue weighted by Crippen LogP contribution is 2.31. The van der Waals surface area contributed by atoms with Crippen LogP contribution in [-0.4, -0.2) is 55.5 Å². The summed E-state index contributed by atoms with van der Waals surface area (Å²) in [5, 5.41) is 0.647. The molecule has 0 aromatic carbocycles. The summed E-state index contributed by atoms with van der Waals surface area (Å²) in [7, 11) is 0. The van der Waals surface area contributed by atoms with Crippen LogP contribution >= 0.6 is 0 Å². The van der Waals surface area contributed by atoms with Gasteiger partial charge in [0.2, 0.25) is 11.4 Å². The van der Waals surface area contributed by atoms with Gasteiger partial charge in [-0.2, -0.15) is 9.97 Å². The first-order valence-electron chi connectivity index (χ1n) is 12.6. The first-order valence-corrected chi connectivity index (χ1v) is 12.6. The Bertz CT molecular complexity index is 1460. The van der Waals surface area contributed by atoms with Crippen molar-refractivity contribution in [1.29, 1.82) is 0 Å². The van der Waals surface area contributed by atoms with E-state index in [1.807, 2.05) is 25.7 Å². The largest absolute Gasteiger partial charge is 0.462 e. The third kappa shape index (κ3) is 5.35. The zero-order valence-corrected chi connectivity index (χ0v) is 23.2. The smallest absolute Gasteiger partial charge is 0.342 e. The maximum absolute atomic E-state index is 12.4. The van der Waals surface area contributed by atoms with Crippen molar-refractivity contribution >= 4 is 45.8 Å². The number of aryl methyl sites for hydroxylation is 2. The van der Waals surface area contributed by atoms with E-state index in [0.717, 1.165) is 0 Å². The summed E-state index contributed by atoms with van der Waals surface area (Å²) in [6.45, 7) is 13.7. The second kappa shape index (κ2) is 10.5. The highest BCUT2D eigenvalue weighted by molar-refractivity contribution is 6.08. The molecule has 0 saturated heterocycles. The van der Waals surface area contributed by atoms with E-state index in [1.54, 1.807) is 27.7 Å². The molecule has 13 nitrogen and oxygen atoms in total. The van der Waals surface area contributed by atoms with Crippen LogP contribution in [0.5, 0.6) is 0 Å². The Hall–Kier alpha value is -4.26. The van der Waals surface area contributed by atoms with Crippen LogP contribution in [-0.2, 0) is 22.6 Å². The van der Waals surface area contributed by atoms with Gasteiger partial charge in [0.05, 0.1) is 37.1 Å². The molecule has 0 radical (unpaired) electrons. The van der Waals surface area contributed by atoms with Gasteiger partial charge in [-0.3, -0.25) is 4.90 Å². The highest BCUT2D eigenvalue weighted by atomic mass is 16.5. The molecule has 0 aliphatic heterocycles. The summed E-state index contributed by atoms with van der Waals surface area (Å²) >= 11 is 0. The highest BCUT2D eigenvalue weighted by Gasteiger charge is 2.29. The van der Waals surface area contributed by atoms with Gasteiger partial charge >= 0.3 is 11.9 Å². The molecule has 208 valence electrons. The predicted molar refractivity (Wildman–Crippen MR) is 143 cm³/mol. The van der Waals surface area contributed by atoms with E-state index < -0.39 is 11.9 Å². The minimum atomic E-state index is -0.544. The Morgan fingerprint density at radius 3 is 1.49 bits per heavy atom. The van der Waals surface area contributed by atoms with E-state index in [1.165, 1.54) is 0 Å². The summed E-state index contributed by atoms with van der Waals surface area (Å²) < 4.78 is 21.8. The number of hydrogen-bond acceptors (Lipinski definition) is 13. The number of nitrogen functional groups attached to an aromatic ring is 2. The molecule has 4 heterocycles. The molecule has 0 unspecified atom stereocenters. The molecule has 0 amide bonds. The van der Waals surface area contributed by atoms with Crippen molar-refractivity contribution in [3.8, 4) is 0 Å². The monoisotopic (exact) mass is 539 g/mol. The molecule has 4 aromatic heterocycles. The van der Waals surface area contributed by atoms with Crippen molar-refractivity contribution < 1.29 is 27.9 Å². The average molecular weight is 540 g/mol. The molecular weight excluding hydrogens is 506 g/mol. The lowest BCUT2D eigenvalue weighted by Crippen LogP contribution is -2.41. The fourth-order valence-electron chi connectivity index (χ4n) is 4.28. The molecule has 0 aliphatic rings. The Morgan fingerprint density at radius 2 is 1.15 bits per heavy atom. The third-order valence-corrected chi connectivity index (χ3v) is 6.18. The maximum Gasteiger partial charge on any atom is 0.342 e. The maximum atomic E-state index is 12.4. The number of rotatable bonds is 8. The number of carbonyl (C=O) groups is 2. The number of hydrogen-bond donors (Lipinski definition) is 2. The molecular formula is C26H33N7O6. The number of anilines is 2. The van der Waals surface area contributed by atoms with Crippen LogP contribution < -0.4 is 11.5 Å². The summed E-state index contributed by atoms with van der Waals surface area (Å²) in [4.78, 5) is 44.9. The van der Waals surface area contributed by atoms with Crippen molar-refractivity contribution in [2.75, 3.05) is 24.7 Å². The van der Waals surface area contributed by atoms with Gasteiger partial charge in [0.25, 0.3) is 0 Å². The van der Waals surface area contributed by atoms with Crippen molar-refractivity contribution in [2.24, 2.45) is 0 Å². The van der Waals surface area contributed by atoms with Crippen molar-refractivity contribution in [1.82, 2.24) is 24.8 Å². The van der Waals surface area contributed by atoms with E-state index in [-0.39, 0.29) is 66.0 Å². The molecule has 0 fully saturated rings. The Balaban J connectivity index is 1.68. The van der Waals surface area contributed by atoms with Gasteiger partial charge in [0.1, 0.15) is 45.9 Å². The number of aromatic nitrogens is 4. The number of nitrogens with two attached hydrogens (primary N) is 2. The fourth-order valence-corrected chi connectivity index (χ4v) is 4.28. The van der Waals surface area contributed by atoms with E-state index in [4.69, 9.17) is 29.8 Å². The summed E-state index contributed by atoms with van der Waals surface area (Å²) in [6.07, 6.45) is 0. The van der Waals surface area contributed by atoms with Crippen molar-refractivity contribution in [3.05, 3.63) is 34.3 Å². The molecule has 0 saturated carbocycles. The van der Waals surface area contributed by atoms with Crippen molar-refractivity contribution in [2.45, 2.75) is 67.1 Å². The molecule has 4 rings (SSSR count). The van der Waals surface area contributed by atoms with E-state index in [0.29, 0.717) is 33.9 Å². The predicted octanol–water partition coefficient (Wildman–Crippen LogP) is 3.69. The Labute approximate surface area is 224 Å². The molecule has 4 aromatic rings. The average Bonchev–Trinajstić information content (AvgIpc) is 3.34. The number of ether oxygens (including phenoxy) is 2. The van der Waals surface area contributed by atoms with Gasteiger partial charge in [0, 0.05) is 5.54 Å². The summed E-state index contributed by atoms with van der Waals surface area (Å²) in [5.74, 6) is 0.601. The van der Waals surface area contributed by atoms with Crippen LogP contribution in [0, 0.1) is 13.8 Å². The van der Waals surface area contributed by atoms with Crippen LogP contribution in [0.15, 0.2) is 8.83 Å². The third-order valence-electron chi connectivity index (χ3n) is 6.18. The molecule has 0 atom stereocenters. The fraction of sp³-hybridized carbons (Fsp3) is 0.462. The lowest BCUT2D eigenvalue weighted by Gasteiger charge is -2.34. The van der Waals surface area contributed by atoms with Crippen molar-refractivity contribution in [3.63, 3.8) is 0 Å². The first-order chi connectivity index (χ1) is 18.3. The topological polar surface area (TPSA) is 186 Å². The van der Waals surface area contributed by atoms with Crippen LogP contribution in [0.1, 0.15) is 78.5 Å². The lowest BCUT2D eigenvalue weighted by molar-refractivity contribution is 0.0516. The number of carbonyl (C=O) groups excluding carboxylic acids is 2. The van der Waals surface area contributed by atoms with E-state index in [2.05, 4.69) is 19.9 Å². The van der Waals surface area contributed by atoms with Crippen LogP contribution in [0.2, 0.25) is 0 Å². The van der Waals surface area contributed by atoms with Gasteiger partial charge in [-0.05, 0) is 48.5 Å². The van der Waals surface area contributed by atoms with Crippen LogP contribution in [0.4, 0.5) is 11.6 Å². The second-order valence-corrected chi connectivity index (χ2v) is 9.94. The number of esters is 2. The first kappa shape index (κ1) is 27.8. The van der Waals surface area contributed by atoms with Crippen LogP contribution in [0.3, 0.4) is 0 Å². The summed E-state index contributed by atoms with van der Waals surface area (Å²) in [5.41, 5.74) is 13.0. The Morgan fingerprint density at radius 1 is 0.769 bits per heavy atom. The van der Waals surface area contributed by atoms with Gasteiger partial charge in [-0.25, -0.2) is 19.6 Å². The zero-order chi connectivity index (χ0) is 28.6. The van der Waals surface area contributed by atoms with Crippen LogP contribution in [0.25, 0.3) is 22.2 Å². The molecule has 0 aliphatic carbocycles. The summed E-state index contributed by atoms with van der Waals surface area (Å²) in [6, 6.07) is 0. The van der Waals surface area contributed by atoms with E-state index in [9.17, 15) is 9.59 Å². The minimum Gasteiger partial charge on any atom is -0.462 e.